The normalized spacial score (nSPS) is 12.4. The van der Waals surface area contributed by atoms with Crippen LogP contribution >= 0.6 is 0 Å². The van der Waals surface area contributed by atoms with E-state index in [4.69, 9.17) is 4.52 Å². The molecule has 1 atom stereocenters. The maximum Gasteiger partial charge on any atom is 0.227 e. The van der Waals surface area contributed by atoms with E-state index in [2.05, 4.69) is 46.6 Å². The minimum Gasteiger partial charge on any atom is -0.350 e. The number of benzene rings is 1. The van der Waals surface area contributed by atoms with Gasteiger partial charge in [0.15, 0.2) is 5.82 Å². The highest BCUT2D eigenvalue weighted by Crippen LogP contribution is 2.14. The molecule has 0 bridgehead atoms. The Morgan fingerprint density at radius 3 is 2.48 bits per heavy atom. The summed E-state index contributed by atoms with van der Waals surface area (Å²) in [5.41, 5.74) is 2.40. The molecule has 23 heavy (non-hydrogen) atoms. The van der Waals surface area contributed by atoms with Gasteiger partial charge in [0, 0.05) is 18.8 Å². The molecule has 1 aromatic carbocycles. The fraction of sp³-hybridized carbons (Fsp3) is 0.500. The van der Waals surface area contributed by atoms with Crippen molar-refractivity contribution in [3.8, 4) is 0 Å². The Bertz CT molecular complexity index is 632. The Morgan fingerprint density at radius 1 is 1.22 bits per heavy atom. The van der Waals surface area contributed by atoms with Gasteiger partial charge in [-0.15, -0.1) is 0 Å². The van der Waals surface area contributed by atoms with Crippen molar-refractivity contribution in [2.24, 2.45) is 0 Å². The molecule has 0 fully saturated rings. The van der Waals surface area contributed by atoms with Crippen molar-refractivity contribution in [3.05, 3.63) is 47.1 Å². The molecule has 1 aromatic heterocycles. The smallest absolute Gasteiger partial charge is 0.227 e. The number of hydrogen-bond donors (Lipinski definition) is 1. The molecular weight excluding hydrogens is 290 g/mol. The van der Waals surface area contributed by atoms with Gasteiger partial charge >= 0.3 is 0 Å². The highest BCUT2D eigenvalue weighted by molar-refractivity contribution is 5.76. The van der Waals surface area contributed by atoms with Gasteiger partial charge in [0.2, 0.25) is 11.8 Å². The number of nitrogens with one attached hydrogen (secondary N) is 1. The van der Waals surface area contributed by atoms with E-state index in [1.54, 1.807) is 0 Å². The predicted molar refractivity (Wildman–Crippen MR) is 89.1 cm³/mol. The van der Waals surface area contributed by atoms with E-state index in [9.17, 15) is 4.79 Å². The first-order valence-corrected chi connectivity index (χ1v) is 8.20. The SMILES string of the molecule is CCc1ccc(C(C)NC(=O)CCc2nc(C(C)C)no2)cc1. The summed E-state index contributed by atoms with van der Waals surface area (Å²) in [6, 6.07) is 8.32. The lowest BCUT2D eigenvalue weighted by atomic mass is 10.0. The highest BCUT2D eigenvalue weighted by Gasteiger charge is 2.13. The van der Waals surface area contributed by atoms with E-state index in [-0.39, 0.29) is 17.9 Å². The fourth-order valence-corrected chi connectivity index (χ4v) is 2.26. The number of rotatable bonds is 7. The van der Waals surface area contributed by atoms with Gasteiger partial charge in [0.05, 0.1) is 6.04 Å². The molecular formula is C18H25N3O2. The van der Waals surface area contributed by atoms with Gasteiger partial charge in [0.25, 0.3) is 0 Å². The average molecular weight is 315 g/mol. The van der Waals surface area contributed by atoms with E-state index >= 15 is 0 Å². The standard InChI is InChI=1S/C18H25N3O2/c1-5-14-6-8-15(9-7-14)13(4)19-16(22)10-11-17-20-18(12(2)3)21-23-17/h6-9,12-13H,5,10-11H2,1-4H3,(H,19,22). The molecule has 0 radical (unpaired) electrons. The van der Waals surface area contributed by atoms with E-state index in [1.165, 1.54) is 5.56 Å². The Hall–Kier alpha value is -2.17. The molecule has 0 saturated carbocycles. The van der Waals surface area contributed by atoms with Crippen molar-refractivity contribution in [3.63, 3.8) is 0 Å². The topological polar surface area (TPSA) is 68.0 Å². The number of carbonyl (C=O) groups excluding carboxylic acids is 1. The zero-order valence-electron chi connectivity index (χ0n) is 14.3. The lowest BCUT2D eigenvalue weighted by Gasteiger charge is -2.14. The van der Waals surface area contributed by atoms with E-state index in [1.807, 2.05) is 20.8 Å². The molecule has 0 spiro atoms. The monoisotopic (exact) mass is 315 g/mol. The van der Waals surface area contributed by atoms with Crippen LogP contribution in [0.3, 0.4) is 0 Å². The molecule has 0 saturated heterocycles. The molecule has 5 heteroatoms. The van der Waals surface area contributed by atoms with Crippen molar-refractivity contribution < 1.29 is 9.32 Å². The zero-order chi connectivity index (χ0) is 16.8. The number of amides is 1. The van der Waals surface area contributed by atoms with Gasteiger partial charge in [-0.3, -0.25) is 4.79 Å². The maximum absolute atomic E-state index is 12.1. The predicted octanol–water partition coefficient (Wildman–Crippen LogP) is 3.57. The quantitative estimate of drug-likeness (QED) is 0.848. The van der Waals surface area contributed by atoms with Crippen LogP contribution in [0.25, 0.3) is 0 Å². The summed E-state index contributed by atoms with van der Waals surface area (Å²) >= 11 is 0. The van der Waals surface area contributed by atoms with Crippen molar-refractivity contribution >= 4 is 5.91 Å². The maximum atomic E-state index is 12.1. The van der Waals surface area contributed by atoms with Crippen LogP contribution in [0.5, 0.6) is 0 Å². The molecule has 1 amide bonds. The summed E-state index contributed by atoms with van der Waals surface area (Å²) < 4.78 is 5.15. The van der Waals surface area contributed by atoms with Crippen LogP contribution in [0.2, 0.25) is 0 Å². The second kappa shape index (κ2) is 7.90. The zero-order valence-corrected chi connectivity index (χ0v) is 14.3. The molecule has 2 aromatic rings. The number of carbonyl (C=O) groups is 1. The van der Waals surface area contributed by atoms with Crippen LogP contribution in [0.4, 0.5) is 0 Å². The van der Waals surface area contributed by atoms with Gasteiger partial charge < -0.3 is 9.84 Å². The first kappa shape index (κ1) is 17.2. The molecule has 1 unspecified atom stereocenters. The number of aryl methyl sites for hydroxylation is 2. The van der Waals surface area contributed by atoms with Crippen LogP contribution in [0.15, 0.2) is 28.8 Å². The largest absolute Gasteiger partial charge is 0.350 e. The third-order valence-corrected chi connectivity index (χ3v) is 3.83. The second-order valence-corrected chi connectivity index (χ2v) is 6.09. The van der Waals surface area contributed by atoms with Gasteiger partial charge in [-0.25, -0.2) is 0 Å². The average Bonchev–Trinajstić information content (AvgIpc) is 3.02. The minimum atomic E-state index is -0.0126. The molecule has 0 aliphatic carbocycles. The van der Waals surface area contributed by atoms with Gasteiger partial charge in [-0.2, -0.15) is 4.98 Å². The minimum absolute atomic E-state index is 0.0117. The number of nitrogens with zero attached hydrogens (tertiary/aromatic N) is 2. The van der Waals surface area contributed by atoms with Crippen molar-refractivity contribution in [1.29, 1.82) is 0 Å². The molecule has 1 N–H and O–H groups in total. The lowest BCUT2D eigenvalue weighted by Crippen LogP contribution is -2.26. The van der Waals surface area contributed by atoms with Crippen molar-refractivity contribution in [2.45, 2.75) is 58.9 Å². The summed E-state index contributed by atoms with van der Waals surface area (Å²) in [6.45, 7) is 8.13. The first-order chi connectivity index (χ1) is 11.0. The van der Waals surface area contributed by atoms with E-state index in [0.29, 0.717) is 24.6 Å². The molecule has 124 valence electrons. The Labute approximate surface area is 137 Å². The highest BCUT2D eigenvalue weighted by atomic mass is 16.5. The molecule has 0 aliphatic rings. The van der Waals surface area contributed by atoms with Crippen molar-refractivity contribution in [2.75, 3.05) is 0 Å². The van der Waals surface area contributed by atoms with Crippen LogP contribution in [-0.2, 0) is 17.6 Å². The Kier molecular flexibility index (Phi) is 5.90. The van der Waals surface area contributed by atoms with E-state index < -0.39 is 0 Å². The third-order valence-electron chi connectivity index (χ3n) is 3.83. The Balaban J connectivity index is 1.83. The van der Waals surface area contributed by atoms with Crippen molar-refractivity contribution in [1.82, 2.24) is 15.5 Å². The Morgan fingerprint density at radius 2 is 1.91 bits per heavy atom. The van der Waals surface area contributed by atoms with Crippen LogP contribution in [-0.4, -0.2) is 16.0 Å². The second-order valence-electron chi connectivity index (χ2n) is 6.09. The summed E-state index contributed by atoms with van der Waals surface area (Å²) in [6.07, 6.45) is 1.83. The molecule has 2 rings (SSSR count). The number of aromatic nitrogens is 2. The van der Waals surface area contributed by atoms with Gasteiger partial charge in [0.1, 0.15) is 0 Å². The fourth-order valence-electron chi connectivity index (χ4n) is 2.26. The van der Waals surface area contributed by atoms with Gasteiger partial charge in [-0.1, -0.05) is 50.2 Å². The summed E-state index contributed by atoms with van der Waals surface area (Å²) in [4.78, 5) is 16.3. The summed E-state index contributed by atoms with van der Waals surface area (Å²) in [5.74, 6) is 1.42. The summed E-state index contributed by atoms with van der Waals surface area (Å²) in [7, 11) is 0. The van der Waals surface area contributed by atoms with Crippen LogP contribution in [0, 0.1) is 0 Å². The molecule has 1 heterocycles. The lowest BCUT2D eigenvalue weighted by molar-refractivity contribution is -0.121. The first-order valence-electron chi connectivity index (χ1n) is 8.20. The third kappa shape index (κ3) is 4.91. The summed E-state index contributed by atoms with van der Waals surface area (Å²) in [5, 5.41) is 6.91. The molecule has 5 nitrogen and oxygen atoms in total. The molecule has 0 aliphatic heterocycles. The number of hydrogen-bond acceptors (Lipinski definition) is 4. The van der Waals surface area contributed by atoms with Gasteiger partial charge in [-0.05, 0) is 24.5 Å². The van der Waals surface area contributed by atoms with Crippen LogP contribution < -0.4 is 5.32 Å². The van der Waals surface area contributed by atoms with E-state index in [0.717, 1.165) is 12.0 Å². The van der Waals surface area contributed by atoms with Crippen LogP contribution in [0.1, 0.15) is 68.9 Å².